The van der Waals surface area contributed by atoms with E-state index in [1.165, 1.54) is 71.6 Å². The Morgan fingerprint density at radius 3 is 1.44 bits per heavy atom. The van der Waals surface area contributed by atoms with Gasteiger partial charge in [-0.3, -0.25) is 0 Å². The van der Waals surface area contributed by atoms with Crippen LogP contribution in [0.25, 0.3) is 99.3 Å². The fourth-order valence-electron chi connectivity index (χ4n) is 7.98. The lowest BCUT2D eigenvalue weighted by molar-refractivity contribution is 1.40. The van der Waals surface area contributed by atoms with Gasteiger partial charge >= 0.3 is 0 Å². The predicted molar refractivity (Wildman–Crippen MR) is 203 cm³/mol. The van der Waals surface area contributed by atoms with Crippen molar-refractivity contribution in [3.05, 3.63) is 176 Å². The lowest BCUT2D eigenvalue weighted by Crippen LogP contribution is -1.93. The molecular weight excluding hydrogens is 579 g/mol. The number of rotatable bonds is 4. The van der Waals surface area contributed by atoms with Crippen LogP contribution in [0.2, 0.25) is 0 Å². The number of benzene rings is 8. The molecule has 0 N–H and O–H groups in total. The smallest absolute Gasteiger partial charge is 0.0788 e. The zero-order valence-corrected chi connectivity index (χ0v) is 26.2. The molecule has 48 heavy (non-hydrogen) atoms. The minimum absolute atomic E-state index is 0.987. The zero-order valence-electron chi connectivity index (χ0n) is 26.2. The minimum atomic E-state index is 0.987. The third-order valence-corrected chi connectivity index (χ3v) is 10.00. The van der Waals surface area contributed by atoms with Crippen LogP contribution in [0.5, 0.6) is 0 Å². The highest BCUT2D eigenvalue weighted by molar-refractivity contribution is 6.29. The van der Waals surface area contributed by atoms with Crippen molar-refractivity contribution in [2.45, 2.75) is 0 Å². The van der Waals surface area contributed by atoms with Gasteiger partial charge in [-0.05, 0) is 77.7 Å². The maximum atomic E-state index is 5.27. The van der Waals surface area contributed by atoms with Crippen LogP contribution in [0.4, 0.5) is 0 Å². The first-order chi connectivity index (χ1) is 23.8. The van der Waals surface area contributed by atoms with Crippen molar-refractivity contribution in [3.63, 3.8) is 0 Å². The molecule has 1 heterocycles. The molecule has 1 heteroatoms. The van der Waals surface area contributed by atoms with E-state index in [1.54, 1.807) is 0 Å². The van der Waals surface area contributed by atoms with Crippen LogP contribution in [0.1, 0.15) is 0 Å². The quantitative estimate of drug-likeness (QED) is 0.194. The Balaban J connectivity index is 1.31. The summed E-state index contributed by atoms with van der Waals surface area (Å²) in [6.45, 7) is 0. The van der Waals surface area contributed by atoms with Crippen molar-refractivity contribution in [1.29, 1.82) is 0 Å². The van der Waals surface area contributed by atoms with Crippen LogP contribution in [-0.2, 0) is 0 Å². The van der Waals surface area contributed by atoms with Crippen LogP contribution in [-0.4, -0.2) is 4.98 Å². The molecular formula is C47H29N. The summed E-state index contributed by atoms with van der Waals surface area (Å²) in [5.74, 6) is 0. The van der Waals surface area contributed by atoms with Crippen molar-refractivity contribution in [3.8, 4) is 66.9 Å². The van der Waals surface area contributed by atoms with E-state index < -0.39 is 0 Å². The fourth-order valence-corrected chi connectivity index (χ4v) is 7.98. The summed E-state index contributed by atoms with van der Waals surface area (Å²) in [4.78, 5) is 5.27. The molecule has 8 aromatic carbocycles. The Labute approximate surface area is 279 Å². The highest BCUT2D eigenvalue weighted by atomic mass is 14.7. The van der Waals surface area contributed by atoms with Gasteiger partial charge in [0.25, 0.3) is 0 Å². The largest absolute Gasteiger partial charge is 0.247 e. The molecule has 1 aliphatic rings. The van der Waals surface area contributed by atoms with Gasteiger partial charge in [0, 0.05) is 16.5 Å². The normalized spacial score (nSPS) is 11.8. The second kappa shape index (κ2) is 10.6. The molecule has 10 rings (SSSR count). The lowest BCUT2D eigenvalue weighted by Gasteiger charge is -2.20. The van der Waals surface area contributed by atoms with Crippen LogP contribution < -0.4 is 0 Å². The molecule has 0 spiro atoms. The average molecular weight is 608 g/mol. The Morgan fingerprint density at radius 1 is 0.292 bits per heavy atom. The molecule has 0 bridgehead atoms. The first kappa shape index (κ1) is 26.9. The Kier molecular flexibility index (Phi) is 5.94. The summed E-state index contributed by atoms with van der Waals surface area (Å²) >= 11 is 0. The van der Waals surface area contributed by atoms with Gasteiger partial charge in [0.05, 0.1) is 11.2 Å². The summed E-state index contributed by atoms with van der Waals surface area (Å²) in [6, 6.07) is 63.7. The van der Waals surface area contributed by atoms with E-state index in [2.05, 4.69) is 176 Å². The summed E-state index contributed by atoms with van der Waals surface area (Å²) < 4.78 is 0. The predicted octanol–water partition coefficient (Wildman–Crippen LogP) is 12.9. The molecule has 0 atom stereocenters. The molecule has 1 aliphatic carbocycles. The number of para-hydroxylation sites is 1. The van der Waals surface area contributed by atoms with Crippen LogP contribution in [0, 0.1) is 0 Å². The standard InChI is InChI=1S/C47H29N/c1-4-14-30(15-5-1)41-29-26-33-20-12-24-38(47(33)48-41)34-27-28-40-44-35(34)23-13-25-39(44)45-42(31-16-6-2-7-17-31)36-21-10-11-22-37(36)43(46(40)45)32-18-8-3-9-19-32/h1-29H. The Hall–Kier alpha value is -6.31. The second-order valence-electron chi connectivity index (χ2n) is 12.6. The van der Waals surface area contributed by atoms with Crippen LogP contribution in [0.3, 0.4) is 0 Å². The van der Waals surface area contributed by atoms with Gasteiger partial charge in [-0.15, -0.1) is 0 Å². The van der Waals surface area contributed by atoms with E-state index in [0.717, 1.165) is 27.7 Å². The summed E-state index contributed by atoms with van der Waals surface area (Å²) in [5.41, 5.74) is 15.8. The molecule has 0 aliphatic heterocycles. The SMILES string of the molecule is c1ccc(-c2ccc3cccc(-c4ccc5c6c(cccc46)-c4c-5c(-c5ccccc5)c5ccccc5c4-c4ccccc4)c3n2)cc1. The third kappa shape index (κ3) is 3.95. The number of fused-ring (bicyclic) bond motifs is 5. The topological polar surface area (TPSA) is 12.9 Å². The number of hydrogen-bond donors (Lipinski definition) is 0. The van der Waals surface area contributed by atoms with Gasteiger partial charge in [-0.1, -0.05) is 170 Å². The molecule has 0 saturated heterocycles. The van der Waals surface area contributed by atoms with E-state index in [4.69, 9.17) is 4.98 Å². The van der Waals surface area contributed by atoms with Gasteiger partial charge in [0.2, 0.25) is 0 Å². The molecule has 1 nitrogen and oxygen atoms in total. The van der Waals surface area contributed by atoms with Crippen molar-refractivity contribution >= 4 is 32.4 Å². The monoisotopic (exact) mass is 607 g/mol. The van der Waals surface area contributed by atoms with Crippen molar-refractivity contribution in [1.82, 2.24) is 4.98 Å². The van der Waals surface area contributed by atoms with Crippen molar-refractivity contribution in [2.24, 2.45) is 0 Å². The highest BCUT2D eigenvalue weighted by Crippen LogP contribution is 2.58. The Morgan fingerprint density at radius 2 is 0.792 bits per heavy atom. The molecule has 0 amide bonds. The number of nitrogens with zero attached hydrogens (tertiary/aromatic N) is 1. The van der Waals surface area contributed by atoms with Crippen molar-refractivity contribution < 1.29 is 0 Å². The molecule has 0 unspecified atom stereocenters. The van der Waals surface area contributed by atoms with Crippen LogP contribution in [0.15, 0.2) is 176 Å². The molecule has 1 aromatic heterocycles. The molecule has 0 fully saturated rings. The molecule has 222 valence electrons. The second-order valence-corrected chi connectivity index (χ2v) is 12.6. The van der Waals surface area contributed by atoms with E-state index in [0.29, 0.717) is 0 Å². The Bertz CT molecular complexity index is 2600. The number of aromatic nitrogens is 1. The minimum Gasteiger partial charge on any atom is -0.247 e. The van der Waals surface area contributed by atoms with Gasteiger partial charge in [-0.2, -0.15) is 0 Å². The van der Waals surface area contributed by atoms with Gasteiger partial charge < -0.3 is 0 Å². The third-order valence-electron chi connectivity index (χ3n) is 10.00. The van der Waals surface area contributed by atoms with Gasteiger partial charge in [0.15, 0.2) is 0 Å². The van der Waals surface area contributed by atoms with Crippen molar-refractivity contribution in [2.75, 3.05) is 0 Å². The maximum Gasteiger partial charge on any atom is 0.0788 e. The van der Waals surface area contributed by atoms with E-state index in [1.807, 2.05) is 0 Å². The number of hydrogen-bond acceptors (Lipinski definition) is 1. The average Bonchev–Trinajstić information content (AvgIpc) is 3.49. The van der Waals surface area contributed by atoms with Crippen LogP contribution >= 0.6 is 0 Å². The number of pyridine rings is 1. The molecule has 9 aromatic rings. The van der Waals surface area contributed by atoms with E-state index >= 15 is 0 Å². The first-order valence-electron chi connectivity index (χ1n) is 16.6. The zero-order chi connectivity index (χ0) is 31.6. The highest BCUT2D eigenvalue weighted by Gasteiger charge is 2.31. The summed E-state index contributed by atoms with van der Waals surface area (Å²) in [5, 5.41) is 6.26. The summed E-state index contributed by atoms with van der Waals surface area (Å²) in [7, 11) is 0. The van der Waals surface area contributed by atoms with Gasteiger partial charge in [0.1, 0.15) is 0 Å². The fraction of sp³-hybridized carbons (Fsp3) is 0. The molecule has 0 saturated carbocycles. The van der Waals surface area contributed by atoms with Gasteiger partial charge in [-0.25, -0.2) is 4.98 Å². The summed E-state index contributed by atoms with van der Waals surface area (Å²) in [6.07, 6.45) is 0. The maximum absolute atomic E-state index is 5.27. The van der Waals surface area contributed by atoms with E-state index in [9.17, 15) is 0 Å². The molecule has 0 radical (unpaired) electrons. The lowest BCUT2D eigenvalue weighted by atomic mass is 9.82. The first-order valence-corrected chi connectivity index (χ1v) is 16.6. The van der Waals surface area contributed by atoms with E-state index in [-0.39, 0.29) is 0 Å².